The van der Waals surface area contributed by atoms with Crippen molar-refractivity contribution in [2.45, 2.75) is 18.7 Å². The fourth-order valence-corrected chi connectivity index (χ4v) is 1.96. The monoisotopic (exact) mass is 281 g/mol. The zero-order chi connectivity index (χ0) is 12.1. The van der Waals surface area contributed by atoms with Gasteiger partial charge in [0.1, 0.15) is 0 Å². The van der Waals surface area contributed by atoms with Gasteiger partial charge in [-0.05, 0) is 29.7 Å². The van der Waals surface area contributed by atoms with Crippen molar-refractivity contribution in [2.24, 2.45) is 0 Å². The van der Waals surface area contributed by atoms with E-state index in [4.69, 9.17) is 10.00 Å². The summed E-state index contributed by atoms with van der Waals surface area (Å²) in [4.78, 5) is 11.5. The van der Waals surface area contributed by atoms with Crippen molar-refractivity contribution in [3.05, 3.63) is 34.4 Å². The standard InChI is InChI=1S/C12H12BrNO2/c1-3-8-5-11(12(15)16-2)9(6-13)4-10(8)7-14/h4-5H,3,6H2,1-2H3. The van der Waals surface area contributed by atoms with E-state index < -0.39 is 0 Å². The lowest BCUT2D eigenvalue weighted by molar-refractivity contribution is 0.0599. The Hall–Kier alpha value is -1.34. The number of carbonyl (C=O) groups is 1. The van der Waals surface area contributed by atoms with Crippen LogP contribution in [0, 0.1) is 11.3 Å². The molecule has 0 unspecified atom stereocenters. The Morgan fingerprint density at radius 3 is 2.62 bits per heavy atom. The summed E-state index contributed by atoms with van der Waals surface area (Å²) in [5.74, 6) is -0.367. The number of ether oxygens (including phenoxy) is 1. The molecule has 0 amide bonds. The number of rotatable bonds is 3. The van der Waals surface area contributed by atoms with E-state index in [1.165, 1.54) is 7.11 Å². The van der Waals surface area contributed by atoms with Crippen LogP contribution in [-0.2, 0) is 16.5 Å². The average molecular weight is 282 g/mol. The lowest BCUT2D eigenvalue weighted by Gasteiger charge is -2.09. The molecule has 16 heavy (non-hydrogen) atoms. The van der Waals surface area contributed by atoms with E-state index in [9.17, 15) is 4.79 Å². The van der Waals surface area contributed by atoms with Crippen LogP contribution in [0.25, 0.3) is 0 Å². The van der Waals surface area contributed by atoms with Crippen LogP contribution in [0.15, 0.2) is 12.1 Å². The molecule has 3 nitrogen and oxygen atoms in total. The first-order chi connectivity index (χ1) is 7.67. The van der Waals surface area contributed by atoms with Crippen LogP contribution >= 0.6 is 15.9 Å². The van der Waals surface area contributed by atoms with Gasteiger partial charge in [0.15, 0.2) is 0 Å². The quantitative estimate of drug-likeness (QED) is 0.632. The minimum Gasteiger partial charge on any atom is -0.465 e. The number of esters is 1. The maximum atomic E-state index is 11.5. The third-order valence-corrected chi connectivity index (χ3v) is 2.98. The molecule has 84 valence electrons. The van der Waals surface area contributed by atoms with Gasteiger partial charge in [0, 0.05) is 5.33 Å². The van der Waals surface area contributed by atoms with Gasteiger partial charge in [-0.2, -0.15) is 5.26 Å². The van der Waals surface area contributed by atoms with Crippen molar-refractivity contribution < 1.29 is 9.53 Å². The molecule has 0 aliphatic rings. The van der Waals surface area contributed by atoms with Crippen molar-refractivity contribution in [1.29, 1.82) is 5.26 Å². The Morgan fingerprint density at radius 1 is 1.50 bits per heavy atom. The molecule has 0 aromatic heterocycles. The van der Waals surface area contributed by atoms with E-state index in [2.05, 4.69) is 22.0 Å². The third kappa shape index (κ3) is 2.42. The zero-order valence-corrected chi connectivity index (χ0v) is 10.8. The van der Waals surface area contributed by atoms with Gasteiger partial charge in [-0.25, -0.2) is 4.79 Å². The van der Waals surface area contributed by atoms with Crippen molar-refractivity contribution in [3.8, 4) is 6.07 Å². The molecule has 0 aliphatic heterocycles. The SMILES string of the molecule is CCc1cc(C(=O)OC)c(CBr)cc1C#N. The first kappa shape index (κ1) is 12.7. The van der Waals surface area contributed by atoms with E-state index in [0.717, 1.165) is 17.5 Å². The molecular formula is C12H12BrNO2. The Labute approximate surface area is 103 Å². The number of alkyl halides is 1. The molecule has 0 heterocycles. The highest BCUT2D eigenvalue weighted by atomic mass is 79.9. The molecule has 1 aromatic carbocycles. The third-order valence-electron chi connectivity index (χ3n) is 2.38. The normalized spacial score (nSPS) is 9.62. The maximum Gasteiger partial charge on any atom is 0.338 e. The zero-order valence-electron chi connectivity index (χ0n) is 9.21. The van der Waals surface area contributed by atoms with Gasteiger partial charge >= 0.3 is 5.97 Å². The topological polar surface area (TPSA) is 50.1 Å². The summed E-state index contributed by atoms with van der Waals surface area (Å²) < 4.78 is 4.71. The summed E-state index contributed by atoms with van der Waals surface area (Å²) in [7, 11) is 1.35. The van der Waals surface area contributed by atoms with Crippen molar-refractivity contribution >= 4 is 21.9 Å². The molecular weight excluding hydrogens is 270 g/mol. The van der Waals surface area contributed by atoms with Crippen LogP contribution in [0.3, 0.4) is 0 Å². The number of nitrogens with zero attached hydrogens (tertiary/aromatic N) is 1. The largest absolute Gasteiger partial charge is 0.465 e. The number of hydrogen-bond donors (Lipinski definition) is 0. The molecule has 0 spiro atoms. The van der Waals surface area contributed by atoms with E-state index in [1.54, 1.807) is 12.1 Å². The predicted molar refractivity (Wildman–Crippen MR) is 64.5 cm³/mol. The Kier molecular flexibility index (Phi) is 4.51. The lowest BCUT2D eigenvalue weighted by atomic mass is 9.98. The fraction of sp³-hybridized carbons (Fsp3) is 0.333. The molecule has 1 aromatic rings. The van der Waals surface area contributed by atoms with Crippen molar-refractivity contribution in [1.82, 2.24) is 0 Å². The molecule has 0 saturated carbocycles. The van der Waals surface area contributed by atoms with Crippen LogP contribution in [0.1, 0.15) is 34.0 Å². The summed E-state index contributed by atoms with van der Waals surface area (Å²) in [6.45, 7) is 1.95. The first-order valence-corrected chi connectivity index (χ1v) is 6.00. The lowest BCUT2D eigenvalue weighted by Crippen LogP contribution is -2.07. The molecule has 0 saturated heterocycles. The van der Waals surface area contributed by atoms with Crippen LogP contribution in [0.2, 0.25) is 0 Å². The second-order valence-corrected chi connectivity index (χ2v) is 3.82. The Bertz CT molecular complexity index is 449. The highest BCUT2D eigenvalue weighted by Crippen LogP contribution is 2.20. The molecule has 1 rings (SSSR count). The number of nitriles is 1. The molecule has 0 aliphatic carbocycles. The van der Waals surface area contributed by atoms with Gasteiger partial charge in [-0.1, -0.05) is 22.9 Å². The number of aryl methyl sites for hydroxylation is 1. The van der Waals surface area contributed by atoms with E-state index >= 15 is 0 Å². The number of carbonyl (C=O) groups excluding carboxylic acids is 1. The molecule has 0 N–H and O–H groups in total. The highest BCUT2D eigenvalue weighted by molar-refractivity contribution is 9.08. The van der Waals surface area contributed by atoms with E-state index in [0.29, 0.717) is 16.5 Å². The molecule has 0 atom stereocenters. The molecule has 0 bridgehead atoms. The predicted octanol–water partition coefficient (Wildman–Crippen LogP) is 2.80. The van der Waals surface area contributed by atoms with E-state index in [-0.39, 0.29) is 5.97 Å². The summed E-state index contributed by atoms with van der Waals surface area (Å²) in [6.07, 6.45) is 0.718. The van der Waals surface area contributed by atoms with Crippen LogP contribution in [0.5, 0.6) is 0 Å². The minimum atomic E-state index is -0.367. The Morgan fingerprint density at radius 2 is 2.19 bits per heavy atom. The second-order valence-electron chi connectivity index (χ2n) is 3.26. The number of methoxy groups -OCH3 is 1. The first-order valence-electron chi connectivity index (χ1n) is 4.88. The van der Waals surface area contributed by atoms with Gasteiger partial charge < -0.3 is 4.74 Å². The summed E-state index contributed by atoms with van der Waals surface area (Å²) in [6, 6.07) is 5.61. The van der Waals surface area contributed by atoms with Gasteiger partial charge in [0.2, 0.25) is 0 Å². The van der Waals surface area contributed by atoms with Crippen LogP contribution < -0.4 is 0 Å². The number of hydrogen-bond acceptors (Lipinski definition) is 3. The van der Waals surface area contributed by atoms with Crippen LogP contribution in [0.4, 0.5) is 0 Å². The van der Waals surface area contributed by atoms with Gasteiger partial charge in [-0.3, -0.25) is 0 Å². The Balaban J connectivity index is 3.38. The van der Waals surface area contributed by atoms with E-state index in [1.807, 2.05) is 6.92 Å². The summed E-state index contributed by atoms with van der Waals surface area (Å²) >= 11 is 3.30. The number of halogens is 1. The minimum absolute atomic E-state index is 0.367. The van der Waals surface area contributed by atoms with Gasteiger partial charge in [-0.15, -0.1) is 0 Å². The average Bonchev–Trinajstić information content (AvgIpc) is 2.35. The van der Waals surface area contributed by atoms with Crippen LogP contribution in [-0.4, -0.2) is 13.1 Å². The molecule has 4 heteroatoms. The summed E-state index contributed by atoms with van der Waals surface area (Å²) in [5.41, 5.74) is 2.79. The maximum absolute atomic E-state index is 11.5. The van der Waals surface area contributed by atoms with Crippen molar-refractivity contribution in [2.75, 3.05) is 7.11 Å². The second kappa shape index (κ2) is 5.66. The molecule has 0 fully saturated rings. The van der Waals surface area contributed by atoms with Gasteiger partial charge in [0.05, 0.1) is 24.3 Å². The molecule has 0 radical (unpaired) electrons. The van der Waals surface area contributed by atoms with Gasteiger partial charge in [0.25, 0.3) is 0 Å². The fourth-order valence-electron chi connectivity index (χ4n) is 1.50. The van der Waals surface area contributed by atoms with Crippen molar-refractivity contribution in [3.63, 3.8) is 0 Å². The highest BCUT2D eigenvalue weighted by Gasteiger charge is 2.14. The summed E-state index contributed by atoms with van der Waals surface area (Å²) in [5, 5.41) is 9.50. The number of benzene rings is 1. The smallest absolute Gasteiger partial charge is 0.338 e.